The molecule has 0 radical (unpaired) electrons. The highest BCUT2D eigenvalue weighted by Crippen LogP contribution is 2.27. The molecule has 174 valence electrons. The fourth-order valence-corrected chi connectivity index (χ4v) is 4.38. The molecule has 1 aromatic heterocycles. The number of amides is 1. The first-order valence-corrected chi connectivity index (χ1v) is 12.4. The third-order valence-electron chi connectivity index (χ3n) is 5.82. The second kappa shape index (κ2) is 10.1. The number of hydrogen-bond acceptors (Lipinski definition) is 6. The monoisotopic (exact) mass is 463 g/mol. The Balaban J connectivity index is 1.65. The van der Waals surface area contributed by atoms with Gasteiger partial charge in [0.2, 0.25) is 5.91 Å². The predicted octanol–water partition coefficient (Wildman–Crippen LogP) is 2.89. The van der Waals surface area contributed by atoms with Crippen LogP contribution >= 0.6 is 0 Å². The average molecular weight is 464 g/mol. The minimum Gasteiger partial charge on any atom is -0.343 e. The smallest absolute Gasteiger partial charge is 0.264 e. The quantitative estimate of drug-likeness (QED) is 0.606. The number of hydrogen-bond donors (Lipinski definition) is 1. The summed E-state index contributed by atoms with van der Waals surface area (Å²) in [5.74, 6) is -0.589. The Morgan fingerprint density at radius 2 is 1.88 bits per heavy atom. The van der Waals surface area contributed by atoms with Crippen LogP contribution in [0, 0.1) is 11.7 Å². The summed E-state index contributed by atoms with van der Waals surface area (Å²) in [7, 11) is -3.51. The first-order chi connectivity index (χ1) is 15.0. The molecule has 0 aliphatic carbocycles. The van der Waals surface area contributed by atoms with Crippen LogP contribution in [0.2, 0.25) is 0 Å². The number of rotatable bonds is 8. The molecular formula is C23H30FN3O4S. The number of carbonyl (C=O) groups is 1. The van der Waals surface area contributed by atoms with Gasteiger partial charge in [-0.2, -0.15) is 8.42 Å². The van der Waals surface area contributed by atoms with Gasteiger partial charge in [-0.05, 0) is 69.6 Å². The van der Waals surface area contributed by atoms with Crippen molar-refractivity contribution in [2.75, 3.05) is 26.0 Å². The molecule has 1 N–H and O–H groups in total. The largest absolute Gasteiger partial charge is 0.343 e. The number of piperidine rings is 1. The van der Waals surface area contributed by atoms with E-state index < -0.39 is 21.7 Å². The zero-order chi connectivity index (χ0) is 23.4. The van der Waals surface area contributed by atoms with Crippen molar-refractivity contribution in [3.63, 3.8) is 0 Å². The highest BCUT2D eigenvalue weighted by Gasteiger charge is 2.34. The van der Waals surface area contributed by atoms with Gasteiger partial charge in [0.1, 0.15) is 5.82 Å². The molecule has 1 aliphatic heterocycles. The van der Waals surface area contributed by atoms with Crippen molar-refractivity contribution in [2.24, 2.45) is 5.92 Å². The molecule has 2 aromatic rings. The number of pyridine rings is 1. The van der Waals surface area contributed by atoms with Crippen molar-refractivity contribution in [2.45, 2.75) is 38.3 Å². The van der Waals surface area contributed by atoms with Gasteiger partial charge in [-0.25, -0.2) is 4.39 Å². The van der Waals surface area contributed by atoms with Crippen molar-refractivity contribution >= 4 is 16.0 Å². The lowest BCUT2D eigenvalue weighted by Gasteiger charge is -2.42. The van der Waals surface area contributed by atoms with Gasteiger partial charge in [-0.3, -0.25) is 18.9 Å². The van der Waals surface area contributed by atoms with Gasteiger partial charge in [0.25, 0.3) is 10.1 Å². The molecule has 0 bridgehead atoms. The van der Waals surface area contributed by atoms with Gasteiger partial charge >= 0.3 is 0 Å². The van der Waals surface area contributed by atoms with Crippen LogP contribution < -0.4 is 5.32 Å². The van der Waals surface area contributed by atoms with E-state index in [4.69, 9.17) is 4.18 Å². The van der Waals surface area contributed by atoms with Crippen LogP contribution in [0.15, 0.2) is 48.7 Å². The van der Waals surface area contributed by atoms with E-state index >= 15 is 0 Å². The van der Waals surface area contributed by atoms with Crippen LogP contribution in [0.5, 0.6) is 0 Å². The highest BCUT2D eigenvalue weighted by molar-refractivity contribution is 7.85. The Labute approximate surface area is 189 Å². The van der Waals surface area contributed by atoms with Crippen LogP contribution in [0.3, 0.4) is 0 Å². The first kappa shape index (κ1) is 24.3. The van der Waals surface area contributed by atoms with Crippen LogP contribution in [0.4, 0.5) is 4.39 Å². The van der Waals surface area contributed by atoms with Gasteiger partial charge in [-0.15, -0.1) is 0 Å². The van der Waals surface area contributed by atoms with Gasteiger partial charge in [0, 0.05) is 17.7 Å². The van der Waals surface area contributed by atoms with Gasteiger partial charge in [0.05, 0.1) is 24.6 Å². The summed E-state index contributed by atoms with van der Waals surface area (Å²) >= 11 is 0. The van der Waals surface area contributed by atoms with Crippen molar-refractivity contribution in [3.8, 4) is 0 Å². The minimum atomic E-state index is -3.51. The third kappa shape index (κ3) is 6.57. The maximum absolute atomic E-state index is 13.4. The van der Waals surface area contributed by atoms with Gasteiger partial charge in [0.15, 0.2) is 0 Å². The van der Waals surface area contributed by atoms with Crippen molar-refractivity contribution < 1.29 is 21.8 Å². The molecule has 2 heterocycles. The normalized spacial score (nSPS) is 17.1. The summed E-state index contributed by atoms with van der Waals surface area (Å²) in [6, 6.07) is 11.1. The molecular weight excluding hydrogens is 433 g/mol. The summed E-state index contributed by atoms with van der Waals surface area (Å²) in [6.45, 7) is 5.25. The van der Waals surface area contributed by atoms with Crippen molar-refractivity contribution in [1.82, 2.24) is 15.2 Å². The number of carbonyl (C=O) groups excluding carboxylic acids is 1. The summed E-state index contributed by atoms with van der Waals surface area (Å²) < 4.78 is 41.1. The molecule has 1 amide bonds. The lowest BCUT2D eigenvalue weighted by molar-refractivity contribution is -0.127. The zero-order valence-corrected chi connectivity index (χ0v) is 19.4. The maximum Gasteiger partial charge on any atom is 0.264 e. The standard InChI is InChI=1S/C23H30FN3O4S/c1-23(2,16-31-32(3,29)30)27-14-11-18(12-15-27)22(28)26-21(20-6-4-5-13-25-20)17-7-9-19(24)10-8-17/h4-10,13,18,21H,11-12,14-16H2,1-3H3,(H,26,28). The molecule has 3 rings (SSSR count). The molecule has 1 aromatic carbocycles. The highest BCUT2D eigenvalue weighted by atomic mass is 32.2. The van der Waals surface area contributed by atoms with Crippen LogP contribution in [0.25, 0.3) is 0 Å². The predicted molar refractivity (Wildman–Crippen MR) is 120 cm³/mol. The van der Waals surface area contributed by atoms with Crippen molar-refractivity contribution in [3.05, 3.63) is 65.7 Å². The third-order valence-corrected chi connectivity index (χ3v) is 6.37. The second-order valence-electron chi connectivity index (χ2n) is 8.79. The topological polar surface area (TPSA) is 88.6 Å². The Morgan fingerprint density at radius 1 is 1.22 bits per heavy atom. The van der Waals surface area contributed by atoms with Gasteiger partial charge in [-0.1, -0.05) is 18.2 Å². The number of benzene rings is 1. The molecule has 1 fully saturated rings. The van der Waals surface area contributed by atoms with Crippen LogP contribution in [0.1, 0.15) is 44.0 Å². The fraction of sp³-hybridized carbons (Fsp3) is 0.478. The number of nitrogens with zero attached hydrogens (tertiary/aromatic N) is 2. The van der Waals surface area contributed by atoms with E-state index in [0.29, 0.717) is 31.6 Å². The average Bonchev–Trinajstić information content (AvgIpc) is 2.77. The van der Waals surface area contributed by atoms with E-state index in [1.165, 1.54) is 12.1 Å². The molecule has 32 heavy (non-hydrogen) atoms. The maximum atomic E-state index is 13.4. The van der Waals surface area contributed by atoms with Crippen molar-refractivity contribution in [1.29, 1.82) is 0 Å². The van der Waals surface area contributed by atoms with E-state index in [2.05, 4.69) is 15.2 Å². The molecule has 1 aliphatic rings. The van der Waals surface area contributed by atoms with Gasteiger partial charge < -0.3 is 5.32 Å². The Kier molecular flexibility index (Phi) is 7.63. The lowest BCUT2D eigenvalue weighted by Crippen LogP contribution is -2.52. The van der Waals surface area contributed by atoms with E-state index in [0.717, 1.165) is 11.8 Å². The Hall–Kier alpha value is -2.36. The fourth-order valence-electron chi connectivity index (χ4n) is 3.88. The van der Waals surface area contributed by atoms with Crippen LogP contribution in [-0.2, 0) is 19.1 Å². The van der Waals surface area contributed by atoms with E-state index in [-0.39, 0.29) is 24.2 Å². The molecule has 0 saturated carbocycles. The SMILES string of the molecule is CC(C)(COS(C)(=O)=O)N1CCC(C(=O)NC(c2ccc(F)cc2)c2ccccn2)CC1. The Morgan fingerprint density at radius 3 is 2.44 bits per heavy atom. The summed E-state index contributed by atoms with van der Waals surface area (Å²) in [5.41, 5.74) is 0.980. The summed E-state index contributed by atoms with van der Waals surface area (Å²) in [4.78, 5) is 19.6. The summed E-state index contributed by atoms with van der Waals surface area (Å²) in [5, 5.41) is 3.09. The minimum absolute atomic E-state index is 0.0645. The van der Waals surface area contributed by atoms with E-state index in [9.17, 15) is 17.6 Å². The molecule has 1 unspecified atom stereocenters. The molecule has 7 nitrogen and oxygen atoms in total. The number of likely N-dealkylation sites (tertiary alicyclic amines) is 1. The molecule has 1 saturated heterocycles. The number of aromatic nitrogens is 1. The molecule has 1 atom stereocenters. The van der Waals surface area contributed by atoms with E-state index in [1.54, 1.807) is 24.4 Å². The first-order valence-electron chi connectivity index (χ1n) is 10.6. The summed E-state index contributed by atoms with van der Waals surface area (Å²) in [6.07, 6.45) is 3.99. The van der Waals surface area contributed by atoms with Crippen LogP contribution in [-0.4, -0.2) is 55.7 Å². The van der Waals surface area contributed by atoms with E-state index in [1.807, 2.05) is 26.0 Å². The Bertz CT molecular complexity index is 1010. The molecule has 0 spiro atoms. The second-order valence-corrected chi connectivity index (χ2v) is 10.4. The zero-order valence-electron chi connectivity index (χ0n) is 18.6. The lowest BCUT2D eigenvalue weighted by atomic mass is 9.91. The number of halogens is 1. The molecule has 9 heteroatoms. The number of nitrogens with one attached hydrogen (secondary N) is 1.